The van der Waals surface area contributed by atoms with Gasteiger partial charge in [-0.2, -0.15) is 4.98 Å². The highest BCUT2D eigenvalue weighted by Crippen LogP contribution is 2.51. The lowest BCUT2D eigenvalue weighted by molar-refractivity contribution is -0.0625. The average molecular weight is 654 g/mol. The second-order valence-electron chi connectivity index (χ2n) is 10.1. The van der Waals surface area contributed by atoms with Crippen LogP contribution in [0.1, 0.15) is 12.5 Å². The van der Waals surface area contributed by atoms with Crippen molar-refractivity contribution in [1.82, 2.24) is 39.0 Å². The molecule has 0 amide bonds. The number of aliphatic hydroxyl groups excluding tert-OH is 2. The number of phosphoric ester groups is 1. The highest BCUT2D eigenvalue weighted by Gasteiger charge is 2.52. The summed E-state index contributed by atoms with van der Waals surface area (Å²) in [6.07, 6.45) is -6.30. The first kappa shape index (κ1) is 29.6. The molecule has 21 nitrogen and oxygen atoms in total. The lowest BCUT2D eigenvalue weighted by Crippen LogP contribution is -2.36. The van der Waals surface area contributed by atoms with E-state index in [1.54, 1.807) is 7.57 Å². The standard InChI is InChI=1S/C20H25BN10O11P2/c21-43-37-1-6-10(32)13(19(39-6)31-5-27-9-16(31)28-20(23)29-17(9)34)42-44(35,36)38-2-7-12(41-43)11(33)18(40-7)30-4-26-8-14(22)24-3-25-15(8)30/h3-7,10-13,18-19,32-33H,1-2,21H2,(H,35,36)(H2,22,24,25)(H3,23,28,29,34). The van der Waals surface area contributed by atoms with Crippen LogP contribution in [-0.4, -0.2) is 112 Å². The molecule has 7 rings (SSSR count). The molecule has 3 aliphatic heterocycles. The molecular formula is C20H25BN10O11P2. The van der Waals surface area contributed by atoms with Crippen LogP contribution in [0.3, 0.4) is 0 Å². The number of hydrogen-bond donors (Lipinski definition) is 6. The van der Waals surface area contributed by atoms with Crippen LogP contribution >= 0.6 is 16.1 Å². The van der Waals surface area contributed by atoms with Crippen LogP contribution in [-0.2, 0) is 32.1 Å². The molecule has 0 aromatic carbocycles. The molecule has 4 aromatic heterocycles. The number of fused-ring (bicyclic) bond motifs is 5. The zero-order valence-corrected chi connectivity index (χ0v) is 24.3. The Labute approximate surface area is 247 Å². The number of hydrogen-bond acceptors (Lipinski definition) is 17. The summed E-state index contributed by atoms with van der Waals surface area (Å²) in [5.74, 6) is -0.0854. The number of aliphatic hydroxyl groups is 2. The molecular weight excluding hydrogens is 629 g/mol. The topological polar surface area (TPSA) is 292 Å². The van der Waals surface area contributed by atoms with Crippen LogP contribution in [0, 0.1) is 0 Å². The number of rotatable bonds is 2. The normalized spacial score (nSPS) is 36.6. The maximum Gasteiger partial charge on any atom is 0.472 e. The van der Waals surface area contributed by atoms with Crippen molar-refractivity contribution in [3.8, 4) is 0 Å². The highest BCUT2D eigenvalue weighted by atomic mass is 31.2. The molecule has 0 radical (unpaired) electrons. The van der Waals surface area contributed by atoms with Crippen molar-refractivity contribution in [3.63, 3.8) is 0 Å². The minimum absolute atomic E-state index is 0.0178. The summed E-state index contributed by atoms with van der Waals surface area (Å²) in [4.78, 5) is 45.7. The first-order valence-electron chi connectivity index (χ1n) is 13.0. The number of ether oxygens (including phenoxy) is 2. The number of nitrogens with two attached hydrogens (primary N) is 2. The van der Waals surface area contributed by atoms with Gasteiger partial charge in [-0.05, 0) is 0 Å². The molecule has 2 bridgehead atoms. The van der Waals surface area contributed by atoms with Crippen molar-refractivity contribution in [3.05, 3.63) is 29.3 Å². The van der Waals surface area contributed by atoms with Crippen molar-refractivity contribution >= 4 is 57.7 Å². The number of anilines is 2. The van der Waals surface area contributed by atoms with Crippen molar-refractivity contribution in [2.45, 2.75) is 49.1 Å². The van der Waals surface area contributed by atoms with E-state index in [9.17, 15) is 24.5 Å². The van der Waals surface area contributed by atoms with Gasteiger partial charge >= 0.3 is 7.82 Å². The minimum atomic E-state index is -4.96. The van der Waals surface area contributed by atoms with Gasteiger partial charge in [0.2, 0.25) is 13.5 Å². The van der Waals surface area contributed by atoms with Gasteiger partial charge in [0.25, 0.3) is 5.56 Å². The highest BCUT2D eigenvalue weighted by molar-refractivity contribution is 7.74. The number of nitrogen functional groups attached to an aromatic ring is 2. The fourth-order valence-corrected chi connectivity index (χ4v) is 7.28. The van der Waals surface area contributed by atoms with Gasteiger partial charge < -0.3 is 45.1 Å². The van der Waals surface area contributed by atoms with Gasteiger partial charge in [-0.25, -0.2) is 24.5 Å². The molecule has 4 aromatic rings. The van der Waals surface area contributed by atoms with E-state index in [4.69, 9.17) is 39.0 Å². The predicted molar refractivity (Wildman–Crippen MR) is 149 cm³/mol. The third kappa shape index (κ3) is 5.07. The largest absolute Gasteiger partial charge is 0.472 e. The zero-order valence-electron chi connectivity index (χ0n) is 22.6. The Morgan fingerprint density at radius 3 is 2.50 bits per heavy atom. The monoisotopic (exact) mass is 654 g/mol. The van der Waals surface area contributed by atoms with E-state index < -0.39 is 77.3 Å². The SMILES string of the molecule is BP1OCC2OC(n3cnc4c(=O)[nH]c(N)nc43)C(OP(=O)(O)OCC3OC(n4cnc5c(N)ncnc54)C(O)C3O1)C2O. The number of imidazole rings is 2. The Hall–Kier alpha value is -3.14. The maximum absolute atomic E-state index is 13.2. The molecule has 3 aliphatic rings. The van der Waals surface area contributed by atoms with Crippen LogP contribution < -0.4 is 17.0 Å². The third-order valence-corrected chi connectivity index (χ3v) is 9.39. The van der Waals surface area contributed by atoms with Gasteiger partial charge in [0.15, 0.2) is 35.1 Å². The van der Waals surface area contributed by atoms with E-state index in [1.165, 1.54) is 28.1 Å². The van der Waals surface area contributed by atoms with Crippen LogP contribution in [0.4, 0.5) is 11.8 Å². The van der Waals surface area contributed by atoms with Crippen LogP contribution in [0.2, 0.25) is 0 Å². The zero-order chi connectivity index (χ0) is 30.9. The number of aromatic amines is 1. The number of H-pyrrole nitrogens is 1. The van der Waals surface area contributed by atoms with E-state index in [2.05, 4.69) is 29.9 Å². The third-order valence-electron chi connectivity index (χ3n) is 7.36. The van der Waals surface area contributed by atoms with Crippen LogP contribution in [0.25, 0.3) is 22.3 Å². The molecule has 24 heteroatoms. The summed E-state index contributed by atoms with van der Waals surface area (Å²) < 4.78 is 50.5. The molecule has 3 fully saturated rings. The molecule has 0 aliphatic carbocycles. The predicted octanol–water partition coefficient (Wildman–Crippen LogP) is -2.58. The van der Waals surface area contributed by atoms with E-state index in [-0.39, 0.29) is 40.7 Å². The van der Waals surface area contributed by atoms with Crippen molar-refractivity contribution in [2.24, 2.45) is 0 Å². The molecule has 3 saturated heterocycles. The molecule has 10 unspecified atom stereocenters. The first-order chi connectivity index (χ1) is 21.0. The second kappa shape index (κ2) is 11.0. The Morgan fingerprint density at radius 2 is 1.70 bits per heavy atom. The van der Waals surface area contributed by atoms with Crippen molar-refractivity contribution < 1.29 is 47.2 Å². The van der Waals surface area contributed by atoms with E-state index in [0.29, 0.717) is 0 Å². The fraction of sp³-hybridized carbons (Fsp3) is 0.500. The first-order valence-corrected chi connectivity index (χ1v) is 16.1. The van der Waals surface area contributed by atoms with Crippen LogP contribution in [0.5, 0.6) is 0 Å². The molecule has 0 spiro atoms. The second-order valence-corrected chi connectivity index (χ2v) is 12.9. The Bertz CT molecular complexity index is 1830. The van der Waals surface area contributed by atoms with Gasteiger partial charge in [-0.3, -0.25) is 28.0 Å². The van der Waals surface area contributed by atoms with E-state index >= 15 is 0 Å². The average Bonchev–Trinajstić information content (AvgIpc) is 3.72. The van der Waals surface area contributed by atoms with E-state index in [1.807, 2.05) is 0 Å². The molecule has 8 N–H and O–H groups in total. The summed E-state index contributed by atoms with van der Waals surface area (Å²) >= 11 is 0. The van der Waals surface area contributed by atoms with Gasteiger partial charge in [-0.1, -0.05) is 0 Å². The molecule has 10 atom stereocenters. The summed E-state index contributed by atoms with van der Waals surface area (Å²) in [7, 11) is -5.09. The van der Waals surface area contributed by atoms with E-state index in [0.717, 1.165) is 0 Å². The maximum atomic E-state index is 13.2. The summed E-state index contributed by atoms with van der Waals surface area (Å²) in [6, 6.07) is 0. The Morgan fingerprint density at radius 1 is 0.977 bits per heavy atom. The van der Waals surface area contributed by atoms with Crippen molar-refractivity contribution in [1.29, 1.82) is 0 Å². The number of nitrogens with one attached hydrogen (secondary N) is 1. The summed E-state index contributed by atoms with van der Waals surface area (Å²) in [5.41, 5.74) is 11.4. The minimum Gasteiger partial charge on any atom is -0.387 e. The van der Waals surface area contributed by atoms with Gasteiger partial charge in [-0.15, -0.1) is 0 Å². The Balaban J connectivity index is 1.18. The summed E-state index contributed by atoms with van der Waals surface area (Å²) in [5, 5.41) is 22.3. The molecule has 0 saturated carbocycles. The number of nitrogens with zero attached hydrogens (tertiary/aromatic N) is 7. The summed E-state index contributed by atoms with van der Waals surface area (Å²) in [6.45, 7) is -0.836. The molecule has 44 heavy (non-hydrogen) atoms. The smallest absolute Gasteiger partial charge is 0.387 e. The number of aromatic nitrogens is 8. The van der Waals surface area contributed by atoms with Gasteiger partial charge in [0, 0.05) is 0 Å². The lowest BCUT2D eigenvalue weighted by Gasteiger charge is -2.26. The molecule has 7 heterocycles. The van der Waals surface area contributed by atoms with Gasteiger partial charge in [0.05, 0.1) is 25.9 Å². The fourth-order valence-electron chi connectivity index (χ4n) is 5.32. The van der Waals surface area contributed by atoms with Crippen molar-refractivity contribution in [2.75, 3.05) is 24.7 Å². The van der Waals surface area contributed by atoms with Crippen LogP contribution in [0.15, 0.2) is 23.8 Å². The quantitative estimate of drug-likeness (QED) is 0.0955. The number of phosphoric acid groups is 1. The van der Waals surface area contributed by atoms with Gasteiger partial charge in [0.1, 0.15) is 56.7 Å². The Kier molecular flexibility index (Phi) is 7.42. The lowest BCUT2D eigenvalue weighted by atomic mass is 10.1. The molecule has 234 valence electrons.